The summed E-state index contributed by atoms with van der Waals surface area (Å²) in [5.74, 6) is 0.968. The zero-order chi connectivity index (χ0) is 10.1. The number of rotatable bonds is 2. The highest BCUT2D eigenvalue weighted by Gasteiger charge is 2.39. The third kappa shape index (κ3) is 1.80. The van der Waals surface area contributed by atoms with E-state index in [9.17, 15) is 0 Å². The van der Waals surface area contributed by atoms with Gasteiger partial charge in [-0.05, 0) is 24.4 Å². The zero-order valence-corrected chi connectivity index (χ0v) is 9.02. The lowest BCUT2D eigenvalue weighted by Gasteiger charge is -2.51. The van der Waals surface area contributed by atoms with Crippen LogP contribution in [0, 0.1) is 5.92 Å². The molecular weight excluding hydrogens is 184 g/mol. The van der Waals surface area contributed by atoms with Gasteiger partial charge in [-0.15, -0.1) is 0 Å². The molecule has 2 unspecified atom stereocenters. The van der Waals surface area contributed by atoms with E-state index >= 15 is 0 Å². The van der Waals surface area contributed by atoms with Gasteiger partial charge in [0.2, 0.25) is 0 Å². The van der Waals surface area contributed by atoms with Crippen molar-refractivity contribution in [2.45, 2.75) is 19.0 Å². The van der Waals surface area contributed by atoms with Crippen LogP contribution in [0.4, 0.5) is 0 Å². The fraction of sp³-hybridized carbons (Fsp3) is 0.538. The largest absolute Gasteiger partial charge is 0.315 e. The average molecular weight is 202 g/mol. The zero-order valence-electron chi connectivity index (χ0n) is 9.02. The van der Waals surface area contributed by atoms with Crippen LogP contribution in [0.3, 0.4) is 0 Å². The predicted molar refractivity (Wildman–Crippen MR) is 61.6 cm³/mol. The first-order valence-electron chi connectivity index (χ1n) is 5.92. The number of benzene rings is 1. The predicted octanol–water partition coefficient (Wildman–Crippen LogP) is 1.48. The second-order valence-corrected chi connectivity index (χ2v) is 4.74. The Labute approximate surface area is 91.3 Å². The summed E-state index contributed by atoms with van der Waals surface area (Å²) < 4.78 is 0. The van der Waals surface area contributed by atoms with Crippen molar-refractivity contribution < 1.29 is 0 Å². The summed E-state index contributed by atoms with van der Waals surface area (Å²) in [4.78, 5) is 2.60. The van der Waals surface area contributed by atoms with Crippen molar-refractivity contribution in [1.82, 2.24) is 10.2 Å². The van der Waals surface area contributed by atoms with Crippen LogP contribution in [0.1, 0.15) is 12.0 Å². The molecule has 3 rings (SSSR count). The average Bonchev–Trinajstić information content (AvgIpc) is 2.27. The smallest absolute Gasteiger partial charge is 0.0265 e. The monoisotopic (exact) mass is 202 g/mol. The van der Waals surface area contributed by atoms with Gasteiger partial charge in [0.15, 0.2) is 0 Å². The lowest BCUT2D eigenvalue weighted by molar-refractivity contribution is -0.0114. The van der Waals surface area contributed by atoms with Crippen molar-refractivity contribution >= 4 is 0 Å². The lowest BCUT2D eigenvalue weighted by Crippen LogP contribution is -2.62. The summed E-state index contributed by atoms with van der Waals surface area (Å²) >= 11 is 0. The Morgan fingerprint density at radius 1 is 1.27 bits per heavy atom. The van der Waals surface area contributed by atoms with E-state index in [0.29, 0.717) is 0 Å². The van der Waals surface area contributed by atoms with Gasteiger partial charge in [0, 0.05) is 25.7 Å². The van der Waals surface area contributed by atoms with Crippen LogP contribution in [0.2, 0.25) is 0 Å². The van der Waals surface area contributed by atoms with E-state index in [-0.39, 0.29) is 0 Å². The molecule has 0 radical (unpaired) electrons. The number of piperidine rings is 1. The second-order valence-electron chi connectivity index (χ2n) is 4.74. The van der Waals surface area contributed by atoms with Gasteiger partial charge in [0.25, 0.3) is 0 Å². The summed E-state index contributed by atoms with van der Waals surface area (Å²) in [6.07, 6.45) is 1.37. The second kappa shape index (κ2) is 3.95. The van der Waals surface area contributed by atoms with Gasteiger partial charge < -0.3 is 5.32 Å². The fourth-order valence-corrected chi connectivity index (χ4v) is 2.84. The molecule has 0 saturated carbocycles. The molecule has 2 fully saturated rings. The van der Waals surface area contributed by atoms with Gasteiger partial charge in [0.1, 0.15) is 0 Å². The Morgan fingerprint density at radius 2 is 2.13 bits per heavy atom. The van der Waals surface area contributed by atoms with Crippen molar-refractivity contribution in [3.63, 3.8) is 0 Å². The molecule has 0 bridgehead atoms. The summed E-state index contributed by atoms with van der Waals surface area (Å²) in [5, 5.41) is 3.49. The standard InChI is InChI=1S/C13H18N2/c1-2-4-11(5-3-1)9-15-10-12-6-7-14-8-13(12)15/h1-5,12-14H,6-10H2. The van der Waals surface area contributed by atoms with Crippen LogP contribution in [-0.2, 0) is 6.54 Å². The van der Waals surface area contributed by atoms with E-state index in [0.717, 1.165) is 18.5 Å². The molecule has 0 spiro atoms. The molecule has 2 aliphatic heterocycles. The normalized spacial score (nSPS) is 30.7. The van der Waals surface area contributed by atoms with E-state index in [1.54, 1.807) is 0 Å². The topological polar surface area (TPSA) is 15.3 Å². The number of likely N-dealkylation sites (tertiary alicyclic amines) is 1. The summed E-state index contributed by atoms with van der Waals surface area (Å²) in [7, 11) is 0. The molecule has 15 heavy (non-hydrogen) atoms. The van der Waals surface area contributed by atoms with Crippen LogP contribution in [-0.4, -0.2) is 30.6 Å². The molecular formula is C13H18N2. The van der Waals surface area contributed by atoms with Gasteiger partial charge in [-0.2, -0.15) is 0 Å². The molecule has 2 saturated heterocycles. The van der Waals surface area contributed by atoms with Crippen LogP contribution >= 0.6 is 0 Å². The van der Waals surface area contributed by atoms with Crippen molar-refractivity contribution in [3.05, 3.63) is 35.9 Å². The minimum atomic E-state index is 0.805. The van der Waals surface area contributed by atoms with E-state index in [1.165, 1.54) is 31.6 Å². The van der Waals surface area contributed by atoms with Gasteiger partial charge in [-0.25, -0.2) is 0 Å². The molecule has 1 aromatic carbocycles. The van der Waals surface area contributed by atoms with Crippen LogP contribution in [0.15, 0.2) is 30.3 Å². The van der Waals surface area contributed by atoms with Crippen LogP contribution in [0.25, 0.3) is 0 Å². The Bertz CT molecular complexity index is 323. The summed E-state index contributed by atoms with van der Waals surface area (Å²) in [5.41, 5.74) is 1.45. The first kappa shape index (κ1) is 9.37. The maximum atomic E-state index is 3.49. The van der Waals surface area contributed by atoms with Gasteiger partial charge in [-0.3, -0.25) is 4.90 Å². The molecule has 1 aromatic rings. The Balaban J connectivity index is 1.61. The van der Waals surface area contributed by atoms with E-state index in [1.807, 2.05) is 0 Å². The Hall–Kier alpha value is -0.860. The molecule has 80 valence electrons. The number of nitrogens with zero attached hydrogens (tertiary/aromatic N) is 1. The maximum Gasteiger partial charge on any atom is 0.0265 e. The third-order valence-electron chi connectivity index (χ3n) is 3.76. The summed E-state index contributed by atoms with van der Waals surface area (Å²) in [6, 6.07) is 11.6. The van der Waals surface area contributed by atoms with Crippen LogP contribution < -0.4 is 5.32 Å². The first-order valence-corrected chi connectivity index (χ1v) is 5.92. The van der Waals surface area contributed by atoms with E-state index in [2.05, 4.69) is 40.5 Å². The molecule has 0 aromatic heterocycles. The van der Waals surface area contributed by atoms with Crippen molar-refractivity contribution in [3.8, 4) is 0 Å². The minimum absolute atomic E-state index is 0.805. The number of nitrogens with one attached hydrogen (secondary N) is 1. The van der Waals surface area contributed by atoms with Crippen molar-refractivity contribution in [1.29, 1.82) is 0 Å². The van der Waals surface area contributed by atoms with Gasteiger partial charge >= 0.3 is 0 Å². The highest BCUT2D eigenvalue weighted by Crippen LogP contribution is 2.30. The number of fused-ring (bicyclic) bond motifs is 1. The molecule has 2 heteroatoms. The molecule has 2 nitrogen and oxygen atoms in total. The Kier molecular flexibility index (Phi) is 2.47. The SMILES string of the molecule is c1ccc(CN2CC3CCNCC32)cc1. The molecule has 0 amide bonds. The summed E-state index contributed by atoms with van der Waals surface area (Å²) in [6.45, 7) is 4.85. The molecule has 1 N–H and O–H groups in total. The molecule has 2 aliphatic rings. The van der Waals surface area contributed by atoms with Gasteiger partial charge in [0.05, 0.1) is 0 Å². The highest BCUT2D eigenvalue weighted by atomic mass is 15.3. The van der Waals surface area contributed by atoms with E-state index < -0.39 is 0 Å². The van der Waals surface area contributed by atoms with Crippen molar-refractivity contribution in [2.75, 3.05) is 19.6 Å². The highest BCUT2D eigenvalue weighted by molar-refractivity contribution is 5.15. The molecule has 2 atom stereocenters. The maximum absolute atomic E-state index is 3.49. The number of hydrogen-bond donors (Lipinski definition) is 1. The van der Waals surface area contributed by atoms with Crippen molar-refractivity contribution in [2.24, 2.45) is 5.92 Å². The first-order chi connectivity index (χ1) is 7.43. The molecule has 2 heterocycles. The number of hydrogen-bond acceptors (Lipinski definition) is 2. The quantitative estimate of drug-likeness (QED) is 0.781. The Morgan fingerprint density at radius 3 is 2.93 bits per heavy atom. The fourth-order valence-electron chi connectivity index (χ4n) is 2.84. The lowest BCUT2D eigenvalue weighted by atomic mass is 9.83. The van der Waals surface area contributed by atoms with E-state index in [4.69, 9.17) is 0 Å². The third-order valence-corrected chi connectivity index (χ3v) is 3.76. The molecule has 0 aliphatic carbocycles. The minimum Gasteiger partial charge on any atom is -0.315 e. The van der Waals surface area contributed by atoms with Crippen LogP contribution in [0.5, 0.6) is 0 Å². The van der Waals surface area contributed by atoms with Gasteiger partial charge in [-0.1, -0.05) is 30.3 Å².